The molecule has 0 unspecified atom stereocenters. The summed E-state index contributed by atoms with van der Waals surface area (Å²) in [5.74, 6) is -5.70. The molecule has 0 radical (unpaired) electrons. The lowest BCUT2D eigenvalue weighted by Gasteiger charge is -2.15. The number of nitrogens with zero attached hydrogens (tertiary/aromatic N) is 1. The van der Waals surface area contributed by atoms with Gasteiger partial charge >= 0.3 is 6.03 Å². The highest BCUT2D eigenvalue weighted by molar-refractivity contribution is 6.52. The molecule has 9 heteroatoms. The van der Waals surface area contributed by atoms with E-state index in [1.54, 1.807) is 5.32 Å². The molecule has 3 N–H and O–H groups in total. The van der Waals surface area contributed by atoms with Crippen LogP contribution >= 0.6 is 0 Å². The van der Waals surface area contributed by atoms with Gasteiger partial charge in [0.25, 0.3) is 11.7 Å². The maximum Gasteiger partial charge on any atom is 0.318 e. The minimum Gasteiger partial charge on any atom is -0.351 e. The second kappa shape index (κ2) is 4.68. The molecule has 2 rings (SSSR count). The van der Waals surface area contributed by atoms with Crippen LogP contribution in [0.4, 0.5) is 19.3 Å². The van der Waals surface area contributed by atoms with E-state index in [4.69, 9.17) is 5.73 Å². The minimum atomic E-state index is -1.28. The van der Waals surface area contributed by atoms with Crippen LogP contribution in [0, 0.1) is 11.6 Å². The molecule has 1 aromatic carbocycles. The zero-order valence-electron chi connectivity index (χ0n) is 9.78. The number of primary amides is 1. The van der Waals surface area contributed by atoms with E-state index < -0.39 is 41.8 Å². The Morgan fingerprint density at radius 2 is 1.80 bits per heavy atom. The summed E-state index contributed by atoms with van der Waals surface area (Å²) in [6.07, 6.45) is 0. The second-order valence-corrected chi connectivity index (χ2v) is 3.92. The van der Waals surface area contributed by atoms with Crippen LogP contribution in [0.1, 0.15) is 10.4 Å². The summed E-state index contributed by atoms with van der Waals surface area (Å²) in [5, 5.41) is 1.69. The van der Waals surface area contributed by atoms with Gasteiger partial charge in [-0.15, -0.1) is 0 Å². The third-order valence-corrected chi connectivity index (χ3v) is 2.58. The molecule has 0 spiro atoms. The normalized spacial score (nSPS) is 13.4. The largest absolute Gasteiger partial charge is 0.351 e. The monoisotopic (exact) mass is 283 g/mol. The number of hydrogen-bond acceptors (Lipinski definition) is 4. The summed E-state index contributed by atoms with van der Waals surface area (Å²) in [4.78, 5) is 45.7. The van der Waals surface area contributed by atoms with Crippen molar-refractivity contribution in [1.82, 2.24) is 5.32 Å². The first-order valence-corrected chi connectivity index (χ1v) is 5.25. The molecular formula is C11H7F2N3O4. The van der Waals surface area contributed by atoms with Crippen LogP contribution in [-0.2, 0) is 9.59 Å². The Morgan fingerprint density at radius 1 is 1.20 bits per heavy atom. The van der Waals surface area contributed by atoms with E-state index in [2.05, 4.69) is 0 Å². The quantitative estimate of drug-likeness (QED) is 0.725. The van der Waals surface area contributed by atoms with Crippen LogP contribution in [0.3, 0.4) is 0 Å². The van der Waals surface area contributed by atoms with Crippen molar-refractivity contribution in [3.05, 3.63) is 29.3 Å². The van der Waals surface area contributed by atoms with E-state index in [-0.39, 0.29) is 11.3 Å². The van der Waals surface area contributed by atoms with Crippen LogP contribution in [0.5, 0.6) is 0 Å². The van der Waals surface area contributed by atoms with Gasteiger partial charge in [0.2, 0.25) is 5.91 Å². The SMILES string of the molecule is NC(=O)NC(=O)CN1C(=O)C(=O)c2cc(F)c(F)cc21. The first-order valence-electron chi connectivity index (χ1n) is 5.25. The van der Waals surface area contributed by atoms with Gasteiger partial charge in [-0.3, -0.25) is 24.6 Å². The summed E-state index contributed by atoms with van der Waals surface area (Å²) in [6, 6.07) is 0.0699. The van der Waals surface area contributed by atoms with Gasteiger partial charge in [0.15, 0.2) is 11.6 Å². The highest BCUT2D eigenvalue weighted by Gasteiger charge is 2.38. The number of halogens is 2. The number of nitrogens with one attached hydrogen (secondary N) is 1. The number of carbonyl (C=O) groups excluding carboxylic acids is 4. The molecule has 0 fully saturated rings. The van der Waals surface area contributed by atoms with Gasteiger partial charge in [-0.25, -0.2) is 13.6 Å². The Hall–Kier alpha value is -2.84. The van der Waals surface area contributed by atoms with Crippen molar-refractivity contribution in [2.45, 2.75) is 0 Å². The second-order valence-electron chi connectivity index (χ2n) is 3.92. The van der Waals surface area contributed by atoms with Gasteiger partial charge in [-0.05, 0) is 6.07 Å². The lowest BCUT2D eigenvalue weighted by Crippen LogP contribution is -2.44. The fourth-order valence-electron chi connectivity index (χ4n) is 1.77. The van der Waals surface area contributed by atoms with Crippen LogP contribution in [0.25, 0.3) is 0 Å². The first-order chi connectivity index (χ1) is 9.31. The number of hydrogen-bond donors (Lipinski definition) is 2. The van der Waals surface area contributed by atoms with E-state index in [9.17, 15) is 28.0 Å². The lowest BCUT2D eigenvalue weighted by atomic mass is 10.1. The molecule has 0 bridgehead atoms. The van der Waals surface area contributed by atoms with Crippen molar-refractivity contribution in [2.24, 2.45) is 5.73 Å². The Labute approximate surface area is 110 Å². The average Bonchev–Trinajstić information content (AvgIpc) is 2.55. The minimum absolute atomic E-state index is 0.237. The number of benzene rings is 1. The topological polar surface area (TPSA) is 110 Å². The Balaban J connectivity index is 2.35. The molecule has 4 amide bonds. The molecule has 1 aliphatic heterocycles. The zero-order valence-corrected chi connectivity index (χ0v) is 9.78. The first kappa shape index (κ1) is 13.6. The molecule has 104 valence electrons. The number of ketones is 1. The molecule has 0 aliphatic carbocycles. The molecule has 0 atom stereocenters. The van der Waals surface area contributed by atoms with Crippen molar-refractivity contribution < 1.29 is 28.0 Å². The highest BCUT2D eigenvalue weighted by Crippen LogP contribution is 2.30. The number of urea groups is 1. The van der Waals surface area contributed by atoms with Crippen molar-refractivity contribution in [2.75, 3.05) is 11.4 Å². The van der Waals surface area contributed by atoms with Gasteiger partial charge in [0.05, 0.1) is 11.3 Å². The molecule has 7 nitrogen and oxygen atoms in total. The Bertz CT molecular complexity index is 659. The molecule has 20 heavy (non-hydrogen) atoms. The van der Waals surface area contributed by atoms with E-state index >= 15 is 0 Å². The van der Waals surface area contributed by atoms with Crippen molar-refractivity contribution in [1.29, 1.82) is 0 Å². The van der Waals surface area contributed by atoms with Crippen LogP contribution < -0.4 is 16.0 Å². The average molecular weight is 283 g/mol. The Morgan fingerprint density at radius 3 is 2.40 bits per heavy atom. The molecule has 0 saturated heterocycles. The van der Waals surface area contributed by atoms with Crippen molar-refractivity contribution in [3.63, 3.8) is 0 Å². The number of fused-ring (bicyclic) bond motifs is 1. The summed E-state index contributed by atoms with van der Waals surface area (Å²) in [6.45, 7) is -0.717. The standard InChI is InChI=1S/C11H7F2N3O4/c12-5-1-4-7(2-6(5)13)16(10(19)9(4)18)3-8(17)15-11(14)20/h1-2H,3H2,(H3,14,15,17,20). The van der Waals surface area contributed by atoms with E-state index in [0.29, 0.717) is 17.0 Å². The van der Waals surface area contributed by atoms with Crippen LogP contribution in [-0.4, -0.2) is 30.2 Å². The smallest absolute Gasteiger partial charge is 0.318 e. The molecule has 0 saturated carbocycles. The van der Waals surface area contributed by atoms with Gasteiger partial charge < -0.3 is 5.73 Å². The van der Waals surface area contributed by atoms with Crippen LogP contribution in [0.2, 0.25) is 0 Å². The van der Waals surface area contributed by atoms with Gasteiger partial charge in [0.1, 0.15) is 6.54 Å². The van der Waals surface area contributed by atoms with Gasteiger partial charge in [-0.1, -0.05) is 0 Å². The third-order valence-electron chi connectivity index (χ3n) is 2.58. The number of anilines is 1. The molecule has 0 aromatic heterocycles. The Kier molecular flexibility index (Phi) is 3.18. The third kappa shape index (κ3) is 2.20. The van der Waals surface area contributed by atoms with E-state index in [0.717, 1.165) is 0 Å². The van der Waals surface area contributed by atoms with Gasteiger partial charge in [0, 0.05) is 6.07 Å². The summed E-state index contributed by atoms with van der Waals surface area (Å²) >= 11 is 0. The molecular weight excluding hydrogens is 276 g/mol. The fourth-order valence-corrected chi connectivity index (χ4v) is 1.77. The van der Waals surface area contributed by atoms with Gasteiger partial charge in [-0.2, -0.15) is 0 Å². The van der Waals surface area contributed by atoms with E-state index in [1.807, 2.05) is 0 Å². The fraction of sp³-hybridized carbons (Fsp3) is 0.0909. The van der Waals surface area contributed by atoms with Crippen molar-refractivity contribution >= 4 is 29.3 Å². The maximum atomic E-state index is 13.2. The zero-order chi connectivity index (χ0) is 15.0. The number of carbonyl (C=O) groups is 4. The summed E-state index contributed by atoms with van der Waals surface area (Å²) in [5.41, 5.74) is 4.13. The number of Topliss-reactive ketones (excluding diaryl/α,β-unsaturated/α-hetero) is 1. The molecule has 1 aliphatic rings. The van der Waals surface area contributed by atoms with Crippen LogP contribution in [0.15, 0.2) is 12.1 Å². The lowest BCUT2D eigenvalue weighted by molar-refractivity contribution is -0.121. The predicted octanol–water partition coefficient (Wildman–Crippen LogP) is -0.311. The molecule has 1 heterocycles. The number of rotatable bonds is 2. The molecule has 1 aromatic rings. The van der Waals surface area contributed by atoms with E-state index in [1.165, 1.54) is 0 Å². The number of imide groups is 1. The number of nitrogens with two attached hydrogens (primary N) is 1. The highest BCUT2D eigenvalue weighted by atomic mass is 19.2. The predicted molar refractivity (Wildman–Crippen MR) is 60.8 cm³/mol. The number of amides is 4. The maximum absolute atomic E-state index is 13.2. The summed E-state index contributed by atoms with van der Waals surface area (Å²) in [7, 11) is 0. The van der Waals surface area contributed by atoms with Crippen molar-refractivity contribution in [3.8, 4) is 0 Å². The summed E-state index contributed by atoms with van der Waals surface area (Å²) < 4.78 is 26.2.